The lowest BCUT2D eigenvalue weighted by Gasteiger charge is -2.32. The van der Waals surface area contributed by atoms with Crippen LogP contribution in [0.5, 0.6) is 0 Å². The van der Waals surface area contributed by atoms with Crippen molar-refractivity contribution in [2.45, 2.75) is 25.2 Å². The number of aromatic amines is 1. The first-order chi connectivity index (χ1) is 7.78. The minimum Gasteiger partial charge on any atom is -0.339 e. The van der Waals surface area contributed by atoms with Crippen LogP contribution in [0.4, 0.5) is 0 Å². The van der Waals surface area contributed by atoms with Gasteiger partial charge in [0, 0.05) is 12.0 Å². The third-order valence-electron chi connectivity index (χ3n) is 3.33. The molecule has 1 unspecified atom stereocenters. The molecule has 2 N–H and O–H groups in total. The van der Waals surface area contributed by atoms with Crippen molar-refractivity contribution in [1.82, 2.24) is 25.3 Å². The van der Waals surface area contributed by atoms with E-state index in [1.165, 1.54) is 12.7 Å². The van der Waals surface area contributed by atoms with Crippen molar-refractivity contribution in [3.05, 3.63) is 18.3 Å². The summed E-state index contributed by atoms with van der Waals surface area (Å²) in [6, 6.07) is 0. The Labute approximate surface area is 93.7 Å². The quantitative estimate of drug-likeness (QED) is 0.747. The van der Waals surface area contributed by atoms with Crippen LogP contribution in [-0.2, 0) is 5.41 Å². The van der Waals surface area contributed by atoms with E-state index in [0.717, 1.165) is 36.5 Å². The van der Waals surface area contributed by atoms with Gasteiger partial charge in [-0.1, -0.05) is 6.92 Å². The van der Waals surface area contributed by atoms with Gasteiger partial charge in [-0.3, -0.25) is 0 Å². The molecule has 0 saturated carbocycles. The highest BCUT2D eigenvalue weighted by Crippen LogP contribution is 2.29. The van der Waals surface area contributed by atoms with Crippen LogP contribution in [0, 0.1) is 0 Å². The van der Waals surface area contributed by atoms with Crippen LogP contribution in [0.25, 0.3) is 11.2 Å². The molecule has 2 aromatic rings. The molecule has 0 amide bonds. The van der Waals surface area contributed by atoms with Crippen LogP contribution < -0.4 is 5.32 Å². The Morgan fingerprint density at radius 1 is 1.44 bits per heavy atom. The Morgan fingerprint density at radius 3 is 3.12 bits per heavy atom. The summed E-state index contributed by atoms with van der Waals surface area (Å²) in [6.45, 7) is 4.32. The van der Waals surface area contributed by atoms with E-state index in [1.54, 1.807) is 6.20 Å². The number of hydrogen-bond acceptors (Lipinski definition) is 4. The van der Waals surface area contributed by atoms with Crippen LogP contribution in [0.15, 0.2) is 12.5 Å². The fourth-order valence-electron chi connectivity index (χ4n) is 2.31. The second-order valence-electron chi connectivity index (χ2n) is 4.69. The van der Waals surface area contributed by atoms with Crippen molar-refractivity contribution in [2.24, 2.45) is 0 Å². The van der Waals surface area contributed by atoms with Crippen molar-refractivity contribution in [3.63, 3.8) is 0 Å². The highest BCUT2D eigenvalue weighted by Gasteiger charge is 2.31. The maximum Gasteiger partial charge on any atom is 0.180 e. The van der Waals surface area contributed by atoms with E-state index in [-0.39, 0.29) is 5.41 Å². The van der Waals surface area contributed by atoms with Gasteiger partial charge in [-0.2, -0.15) is 0 Å². The summed E-state index contributed by atoms with van der Waals surface area (Å²) in [5.41, 5.74) is 1.78. The molecule has 0 aromatic carbocycles. The molecule has 5 nitrogen and oxygen atoms in total. The van der Waals surface area contributed by atoms with Crippen LogP contribution in [-0.4, -0.2) is 33.0 Å². The Kier molecular flexibility index (Phi) is 2.14. The number of aromatic nitrogens is 4. The Hall–Kier alpha value is -1.49. The summed E-state index contributed by atoms with van der Waals surface area (Å²) < 4.78 is 0. The van der Waals surface area contributed by atoms with Gasteiger partial charge >= 0.3 is 0 Å². The SMILES string of the molecule is CC1(c2nc3ncncc3[nH]2)CCCNC1. The zero-order valence-corrected chi connectivity index (χ0v) is 9.32. The van der Waals surface area contributed by atoms with Crippen molar-refractivity contribution < 1.29 is 0 Å². The van der Waals surface area contributed by atoms with E-state index in [0.29, 0.717) is 0 Å². The molecule has 3 heterocycles. The lowest BCUT2D eigenvalue weighted by Crippen LogP contribution is -2.41. The standard InChI is InChI=1S/C11H15N5/c1-11(3-2-4-12-6-11)10-15-8-5-13-7-14-9(8)16-10/h5,7,12H,2-4,6H2,1H3,(H,13,14,15,16). The highest BCUT2D eigenvalue weighted by atomic mass is 15.0. The van der Waals surface area contributed by atoms with E-state index < -0.39 is 0 Å². The van der Waals surface area contributed by atoms with Gasteiger partial charge in [0.05, 0.1) is 6.20 Å². The van der Waals surface area contributed by atoms with E-state index in [2.05, 4.69) is 32.2 Å². The second kappa shape index (κ2) is 3.52. The molecule has 84 valence electrons. The van der Waals surface area contributed by atoms with Crippen LogP contribution in [0.2, 0.25) is 0 Å². The van der Waals surface area contributed by atoms with Crippen molar-refractivity contribution >= 4 is 11.2 Å². The molecule has 1 aliphatic heterocycles. The number of hydrogen-bond donors (Lipinski definition) is 2. The molecule has 0 radical (unpaired) electrons. The number of piperidine rings is 1. The summed E-state index contributed by atoms with van der Waals surface area (Å²) in [4.78, 5) is 16.0. The summed E-state index contributed by atoms with van der Waals surface area (Å²) in [5.74, 6) is 1.02. The molecular formula is C11H15N5. The summed E-state index contributed by atoms with van der Waals surface area (Å²) in [7, 11) is 0. The van der Waals surface area contributed by atoms with Crippen LogP contribution >= 0.6 is 0 Å². The van der Waals surface area contributed by atoms with Crippen molar-refractivity contribution in [3.8, 4) is 0 Å². The van der Waals surface area contributed by atoms with Crippen molar-refractivity contribution in [1.29, 1.82) is 0 Å². The largest absolute Gasteiger partial charge is 0.339 e. The summed E-state index contributed by atoms with van der Waals surface area (Å²) >= 11 is 0. The highest BCUT2D eigenvalue weighted by molar-refractivity contribution is 5.69. The number of imidazole rings is 1. The summed E-state index contributed by atoms with van der Waals surface area (Å²) in [6.07, 6.45) is 5.67. The first-order valence-electron chi connectivity index (χ1n) is 5.65. The molecular weight excluding hydrogens is 202 g/mol. The summed E-state index contributed by atoms with van der Waals surface area (Å²) in [5, 5.41) is 3.42. The molecule has 2 aromatic heterocycles. The van der Waals surface area contributed by atoms with E-state index in [1.807, 2.05) is 0 Å². The predicted octanol–water partition coefficient (Wildman–Crippen LogP) is 0.994. The third-order valence-corrected chi connectivity index (χ3v) is 3.33. The molecule has 0 aliphatic carbocycles. The van der Waals surface area contributed by atoms with Crippen LogP contribution in [0.1, 0.15) is 25.6 Å². The third kappa shape index (κ3) is 1.48. The molecule has 3 rings (SSSR count). The molecule has 0 spiro atoms. The zero-order chi connectivity index (χ0) is 11.0. The van der Waals surface area contributed by atoms with Gasteiger partial charge in [-0.05, 0) is 19.4 Å². The average molecular weight is 217 g/mol. The molecule has 1 aliphatic rings. The van der Waals surface area contributed by atoms with E-state index in [4.69, 9.17) is 0 Å². The number of fused-ring (bicyclic) bond motifs is 1. The number of H-pyrrole nitrogens is 1. The monoisotopic (exact) mass is 217 g/mol. The maximum atomic E-state index is 4.56. The molecule has 1 fully saturated rings. The van der Waals surface area contributed by atoms with Gasteiger partial charge in [-0.25, -0.2) is 15.0 Å². The molecule has 0 bridgehead atoms. The number of nitrogens with one attached hydrogen (secondary N) is 2. The minimum atomic E-state index is 0.0962. The minimum absolute atomic E-state index is 0.0962. The van der Waals surface area contributed by atoms with Gasteiger partial charge in [0.1, 0.15) is 17.7 Å². The number of rotatable bonds is 1. The van der Waals surface area contributed by atoms with Gasteiger partial charge in [0.25, 0.3) is 0 Å². The Morgan fingerprint density at radius 2 is 2.38 bits per heavy atom. The van der Waals surface area contributed by atoms with Gasteiger partial charge in [-0.15, -0.1) is 0 Å². The second-order valence-corrected chi connectivity index (χ2v) is 4.69. The fourth-order valence-corrected chi connectivity index (χ4v) is 2.31. The molecule has 5 heteroatoms. The Bertz CT molecular complexity index is 465. The van der Waals surface area contributed by atoms with Crippen LogP contribution in [0.3, 0.4) is 0 Å². The smallest absolute Gasteiger partial charge is 0.180 e. The fraction of sp³-hybridized carbons (Fsp3) is 0.545. The van der Waals surface area contributed by atoms with Gasteiger partial charge in [0.15, 0.2) is 5.65 Å². The maximum absolute atomic E-state index is 4.56. The molecule has 1 saturated heterocycles. The lowest BCUT2D eigenvalue weighted by molar-refractivity contribution is 0.326. The normalized spacial score (nSPS) is 26.1. The zero-order valence-electron chi connectivity index (χ0n) is 9.32. The van der Waals surface area contributed by atoms with E-state index >= 15 is 0 Å². The topological polar surface area (TPSA) is 66.5 Å². The van der Waals surface area contributed by atoms with Crippen molar-refractivity contribution in [2.75, 3.05) is 13.1 Å². The van der Waals surface area contributed by atoms with Gasteiger partial charge in [0.2, 0.25) is 0 Å². The first kappa shape index (κ1) is 9.72. The predicted molar refractivity (Wildman–Crippen MR) is 61.1 cm³/mol. The lowest BCUT2D eigenvalue weighted by atomic mass is 9.82. The first-order valence-corrected chi connectivity index (χ1v) is 5.65. The van der Waals surface area contributed by atoms with Gasteiger partial charge < -0.3 is 10.3 Å². The molecule has 1 atom stereocenters. The Balaban J connectivity index is 2.04. The van der Waals surface area contributed by atoms with E-state index in [9.17, 15) is 0 Å². The number of nitrogens with zero attached hydrogens (tertiary/aromatic N) is 3. The molecule has 16 heavy (non-hydrogen) atoms. The average Bonchev–Trinajstić information content (AvgIpc) is 2.74.